The number of rotatable bonds is 6. The number of carbonyl (C=O) groups is 2. The lowest BCUT2D eigenvalue weighted by Gasteiger charge is -2.37. The molecule has 0 radical (unpaired) electrons. The lowest BCUT2D eigenvalue weighted by Crippen LogP contribution is -2.46. The molecule has 1 amide bonds. The first-order chi connectivity index (χ1) is 15.3. The van der Waals surface area contributed by atoms with E-state index in [0.717, 1.165) is 16.9 Å². The molecule has 5 nitrogen and oxygen atoms in total. The maximum absolute atomic E-state index is 13.2. The van der Waals surface area contributed by atoms with E-state index >= 15 is 0 Å². The Kier molecular flexibility index (Phi) is 9.00. The predicted molar refractivity (Wildman–Crippen MR) is 123 cm³/mol. The predicted octanol–water partition coefficient (Wildman–Crippen LogP) is 5.24. The van der Waals surface area contributed by atoms with Crippen LogP contribution in [0.1, 0.15) is 50.2 Å². The highest BCUT2D eigenvalue weighted by Gasteiger charge is 2.35. The van der Waals surface area contributed by atoms with Gasteiger partial charge in [-0.25, -0.2) is 4.39 Å². The minimum Gasteiger partial charge on any atom is -0.497 e. The van der Waals surface area contributed by atoms with Crippen LogP contribution in [0, 0.1) is 11.7 Å². The Morgan fingerprint density at radius 3 is 2.22 bits per heavy atom. The number of carboxylic acid groups (broad SMARTS) is 1. The lowest BCUT2D eigenvalue weighted by molar-refractivity contribution is -0.145. The second kappa shape index (κ2) is 11.5. The highest BCUT2D eigenvalue weighted by Crippen LogP contribution is 2.33. The monoisotopic (exact) mass is 441 g/mol. The largest absolute Gasteiger partial charge is 0.497 e. The van der Waals surface area contributed by atoms with Crippen molar-refractivity contribution in [1.29, 1.82) is 0 Å². The van der Waals surface area contributed by atoms with Gasteiger partial charge in [0.05, 0.1) is 13.0 Å². The third-order valence-corrected chi connectivity index (χ3v) is 5.84. The van der Waals surface area contributed by atoms with Gasteiger partial charge in [0.1, 0.15) is 11.6 Å². The zero-order valence-electron chi connectivity index (χ0n) is 19.2. The van der Waals surface area contributed by atoms with Crippen LogP contribution in [0.4, 0.5) is 4.39 Å². The molecule has 1 heterocycles. The third kappa shape index (κ3) is 5.96. The summed E-state index contributed by atoms with van der Waals surface area (Å²) in [7, 11) is 1.59. The second-order valence-corrected chi connectivity index (χ2v) is 7.75. The van der Waals surface area contributed by atoms with E-state index in [0.29, 0.717) is 18.5 Å². The molecule has 0 aromatic heterocycles. The van der Waals surface area contributed by atoms with Crippen LogP contribution < -0.4 is 4.74 Å². The van der Waals surface area contributed by atoms with Crippen molar-refractivity contribution in [2.75, 3.05) is 20.2 Å². The molecule has 1 fully saturated rings. The van der Waals surface area contributed by atoms with E-state index in [2.05, 4.69) is 6.58 Å². The van der Waals surface area contributed by atoms with Gasteiger partial charge in [-0.15, -0.1) is 0 Å². The summed E-state index contributed by atoms with van der Waals surface area (Å²) < 4.78 is 18.4. The van der Waals surface area contributed by atoms with Crippen LogP contribution in [-0.2, 0) is 9.59 Å². The summed E-state index contributed by atoms with van der Waals surface area (Å²) in [5.41, 5.74) is 2.12. The summed E-state index contributed by atoms with van der Waals surface area (Å²) in [6, 6.07) is 13.5. The minimum absolute atomic E-state index is 0.0939. The molecular formula is C26H32FNO4. The number of aliphatic carboxylic acids is 1. The SMILES string of the molecule is C=C(C(=O)N1CC(C(=O)O)CC(c2ccc(OC)cc2)C1)C(C)c1ccc(F)cc1.CC. The molecule has 3 unspecified atom stereocenters. The fourth-order valence-corrected chi connectivity index (χ4v) is 3.90. The van der Waals surface area contributed by atoms with Crippen molar-refractivity contribution < 1.29 is 23.8 Å². The summed E-state index contributed by atoms with van der Waals surface area (Å²) in [4.78, 5) is 26.5. The topological polar surface area (TPSA) is 66.8 Å². The summed E-state index contributed by atoms with van der Waals surface area (Å²) in [5, 5.41) is 9.62. The molecule has 3 rings (SSSR count). The first-order valence-corrected chi connectivity index (χ1v) is 10.9. The van der Waals surface area contributed by atoms with E-state index in [4.69, 9.17) is 4.74 Å². The summed E-state index contributed by atoms with van der Waals surface area (Å²) >= 11 is 0. The van der Waals surface area contributed by atoms with Gasteiger partial charge in [-0.3, -0.25) is 9.59 Å². The van der Waals surface area contributed by atoms with Gasteiger partial charge in [0.2, 0.25) is 5.91 Å². The highest BCUT2D eigenvalue weighted by atomic mass is 19.1. The Bertz CT molecular complexity index is 924. The Hall–Kier alpha value is -3.15. The number of hydrogen-bond acceptors (Lipinski definition) is 3. The number of nitrogens with zero attached hydrogens (tertiary/aromatic N) is 1. The number of carbonyl (C=O) groups excluding carboxylic acids is 1. The van der Waals surface area contributed by atoms with Crippen LogP contribution in [0.3, 0.4) is 0 Å². The van der Waals surface area contributed by atoms with Crippen LogP contribution in [0.15, 0.2) is 60.7 Å². The smallest absolute Gasteiger partial charge is 0.308 e. The van der Waals surface area contributed by atoms with Gasteiger partial charge in [-0.2, -0.15) is 0 Å². The van der Waals surface area contributed by atoms with Gasteiger partial charge < -0.3 is 14.7 Å². The quantitative estimate of drug-likeness (QED) is 0.623. The number of halogens is 1. The van der Waals surface area contributed by atoms with Gasteiger partial charge in [0.15, 0.2) is 0 Å². The summed E-state index contributed by atoms with van der Waals surface area (Å²) in [5.74, 6) is -1.85. The number of likely N-dealkylation sites (tertiary alicyclic amines) is 1. The van der Waals surface area contributed by atoms with Crippen molar-refractivity contribution >= 4 is 11.9 Å². The molecule has 0 spiro atoms. The van der Waals surface area contributed by atoms with Gasteiger partial charge in [0, 0.05) is 30.5 Å². The van der Waals surface area contributed by atoms with Crippen molar-refractivity contribution in [3.05, 3.63) is 77.6 Å². The van der Waals surface area contributed by atoms with E-state index in [1.807, 2.05) is 45.0 Å². The maximum Gasteiger partial charge on any atom is 0.308 e. The Morgan fingerprint density at radius 1 is 1.09 bits per heavy atom. The fraction of sp³-hybridized carbons (Fsp3) is 0.385. The van der Waals surface area contributed by atoms with Gasteiger partial charge in [0.25, 0.3) is 0 Å². The zero-order valence-corrected chi connectivity index (χ0v) is 19.2. The molecule has 32 heavy (non-hydrogen) atoms. The molecule has 2 aromatic rings. The van der Waals surface area contributed by atoms with Gasteiger partial charge in [-0.1, -0.05) is 51.6 Å². The van der Waals surface area contributed by atoms with E-state index in [1.54, 1.807) is 24.1 Å². The van der Waals surface area contributed by atoms with Crippen molar-refractivity contribution in [1.82, 2.24) is 4.90 Å². The third-order valence-electron chi connectivity index (χ3n) is 5.84. The number of carboxylic acids is 1. The zero-order chi connectivity index (χ0) is 23.8. The molecule has 1 N–H and O–H groups in total. The Labute approximate surface area is 189 Å². The minimum atomic E-state index is -0.914. The molecule has 172 valence electrons. The van der Waals surface area contributed by atoms with Crippen LogP contribution in [0.25, 0.3) is 0 Å². The molecule has 6 heteroatoms. The summed E-state index contributed by atoms with van der Waals surface area (Å²) in [6.07, 6.45) is 0.464. The van der Waals surface area contributed by atoms with Crippen LogP contribution in [0.2, 0.25) is 0 Å². The molecule has 0 bridgehead atoms. The lowest BCUT2D eigenvalue weighted by atomic mass is 9.83. The standard InChI is InChI=1S/C24H26FNO4.C2H6/c1-15(17-4-8-21(25)9-5-17)16(2)23(27)26-13-19(12-20(14-26)24(28)29)18-6-10-22(30-3)11-7-18;1-2/h4-11,15,19-20H,2,12-14H2,1,3H3,(H,28,29);1-2H3. The van der Waals surface area contributed by atoms with Crippen molar-refractivity contribution in [3.63, 3.8) is 0 Å². The molecule has 1 saturated heterocycles. The highest BCUT2D eigenvalue weighted by molar-refractivity contribution is 5.94. The number of amides is 1. The fourth-order valence-electron chi connectivity index (χ4n) is 3.90. The Morgan fingerprint density at radius 2 is 1.69 bits per heavy atom. The first kappa shape index (κ1) is 25.1. The van der Waals surface area contributed by atoms with Gasteiger partial charge >= 0.3 is 5.97 Å². The van der Waals surface area contributed by atoms with Crippen LogP contribution in [0.5, 0.6) is 5.75 Å². The van der Waals surface area contributed by atoms with E-state index in [1.165, 1.54) is 12.1 Å². The van der Waals surface area contributed by atoms with Crippen molar-refractivity contribution in [2.24, 2.45) is 5.92 Å². The maximum atomic E-state index is 13.2. The second-order valence-electron chi connectivity index (χ2n) is 7.75. The van der Waals surface area contributed by atoms with Crippen LogP contribution in [-0.4, -0.2) is 42.1 Å². The average Bonchev–Trinajstić information content (AvgIpc) is 2.84. The molecule has 1 aliphatic heterocycles. The van der Waals surface area contributed by atoms with E-state index < -0.39 is 11.9 Å². The molecule has 3 atom stereocenters. The van der Waals surface area contributed by atoms with Crippen molar-refractivity contribution in [2.45, 2.75) is 39.0 Å². The van der Waals surface area contributed by atoms with Crippen molar-refractivity contribution in [3.8, 4) is 5.75 Å². The number of piperidine rings is 1. The number of benzene rings is 2. The van der Waals surface area contributed by atoms with Crippen LogP contribution >= 0.6 is 0 Å². The number of ether oxygens (including phenoxy) is 1. The molecule has 0 aliphatic carbocycles. The molecule has 0 saturated carbocycles. The molecule has 2 aromatic carbocycles. The normalized spacial score (nSPS) is 18.7. The Balaban J connectivity index is 0.00000176. The molecule has 1 aliphatic rings. The van der Waals surface area contributed by atoms with Gasteiger partial charge in [-0.05, 0) is 41.8 Å². The summed E-state index contributed by atoms with van der Waals surface area (Å²) in [6.45, 7) is 10.4. The average molecular weight is 442 g/mol. The number of hydrogen-bond donors (Lipinski definition) is 1. The van der Waals surface area contributed by atoms with E-state index in [9.17, 15) is 19.1 Å². The molecular weight excluding hydrogens is 409 g/mol. The first-order valence-electron chi connectivity index (χ1n) is 10.9. The number of methoxy groups -OCH3 is 1. The van der Waals surface area contributed by atoms with E-state index in [-0.39, 0.29) is 30.1 Å².